The first kappa shape index (κ1) is 14.6. The molecule has 0 saturated heterocycles. The lowest BCUT2D eigenvalue weighted by Crippen LogP contribution is -2.30. The zero-order chi connectivity index (χ0) is 15.5. The number of nitrogens with zero attached hydrogens (tertiary/aromatic N) is 2. The van der Waals surface area contributed by atoms with Gasteiger partial charge in [0.25, 0.3) is 5.91 Å². The van der Waals surface area contributed by atoms with Crippen LogP contribution in [0.15, 0.2) is 42.7 Å². The lowest BCUT2D eigenvalue weighted by atomic mass is 10.0. The molecule has 0 atom stereocenters. The van der Waals surface area contributed by atoms with Crippen LogP contribution in [0.3, 0.4) is 0 Å². The zero-order valence-electron chi connectivity index (χ0n) is 13.0. The molecular formula is C18H21N3O. The minimum absolute atomic E-state index is 0.0744. The van der Waals surface area contributed by atoms with Gasteiger partial charge in [-0.3, -0.25) is 9.78 Å². The summed E-state index contributed by atoms with van der Waals surface area (Å²) in [5.41, 5.74) is 4.15. The number of hydrogen-bond donors (Lipinski definition) is 1. The Balaban J connectivity index is 1.92. The van der Waals surface area contributed by atoms with Crippen LogP contribution in [0.1, 0.15) is 36.2 Å². The van der Waals surface area contributed by atoms with Crippen molar-refractivity contribution < 1.29 is 4.79 Å². The highest BCUT2D eigenvalue weighted by Gasteiger charge is 2.19. The molecule has 1 aromatic carbocycles. The second kappa shape index (κ2) is 6.18. The maximum absolute atomic E-state index is 12.2. The van der Waals surface area contributed by atoms with Crippen molar-refractivity contribution in [2.45, 2.75) is 32.7 Å². The molecule has 0 saturated carbocycles. The van der Waals surface area contributed by atoms with Crippen LogP contribution in [0.2, 0.25) is 0 Å². The van der Waals surface area contributed by atoms with Crippen LogP contribution in [0.4, 0.5) is 11.4 Å². The Hall–Kier alpha value is -2.36. The van der Waals surface area contributed by atoms with Gasteiger partial charge in [0.05, 0.1) is 17.4 Å². The molecule has 2 heterocycles. The molecule has 1 aliphatic heterocycles. The van der Waals surface area contributed by atoms with E-state index in [1.807, 2.05) is 26.1 Å². The number of aryl methyl sites for hydroxylation is 1. The lowest BCUT2D eigenvalue weighted by molar-refractivity contribution is 0.0943. The number of para-hydroxylation sites is 1. The Morgan fingerprint density at radius 3 is 2.91 bits per heavy atom. The van der Waals surface area contributed by atoms with Gasteiger partial charge in [-0.1, -0.05) is 18.2 Å². The summed E-state index contributed by atoms with van der Waals surface area (Å²) in [7, 11) is 0. The number of rotatable bonds is 3. The van der Waals surface area contributed by atoms with Crippen molar-refractivity contribution in [2.75, 3.05) is 11.4 Å². The molecule has 1 aromatic heterocycles. The summed E-state index contributed by atoms with van der Waals surface area (Å²) in [6.07, 6.45) is 5.67. The van der Waals surface area contributed by atoms with E-state index in [0.717, 1.165) is 25.1 Å². The SMILES string of the molecule is CC(C)NC(=O)c1cncc(N2CCCc3ccccc32)c1. The number of amides is 1. The van der Waals surface area contributed by atoms with Gasteiger partial charge in [0.2, 0.25) is 0 Å². The lowest BCUT2D eigenvalue weighted by Gasteiger charge is -2.31. The second-order valence-electron chi connectivity index (χ2n) is 5.94. The molecule has 3 rings (SSSR count). The molecule has 0 radical (unpaired) electrons. The van der Waals surface area contributed by atoms with Crippen molar-refractivity contribution in [3.8, 4) is 0 Å². The van der Waals surface area contributed by atoms with E-state index in [1.165, 1.54) is 11.3 Å². The third kappa shape index (κ3) is 2.96. The molecule has 1 N–H and O–H groups in total. The van der Waals surface area contributed by atoms with Gasteiger partial charge in [-0.2, -0.15) is 0 Å². The number of hydrogen-bond acceptors (Lipinski definition) is 3. The van der Waals surface area contributed by atoms with Gasteiger partial charge >= 0.3 is 0 Å². The van der Waals surface area contributed by atoms with Crippen LogP contribution >= 0.6 is 0 Å². The van der Waals surface area contributed by atoms with E-state index in [2.05, 4.69) is 39.5 Å². The standard InChI is InChI=1S/C18H21N3O/c1-13(2)20-18(22)15-10-16(12-19-11-15)21-9-5-7-14-6-3-4-8-17(14)21/h3-4,6,8,10-13H,5,7,9H2,1-2H3,(H,20,22). The largest absolute Gasteiger partial charge is 0.350 e. The third-order valence-corrected chi connectivity index (χ3v) is 3.83. The molecule has 22 heavy (non-hydrogen) atoms. The monoisotopic (exact) mass is 295 g/mol. The molecule has 2 aromatic rings. The molecule has 1 amide bonds. The number of nitrogens with one attached hydrogen (secondary N) is 1. The van der Waals surface area contributed by atoms with E-state index < -0.39 is 0 Å². The predicted octanol–water partition coefficient (Wildman–Crippen LogP) is 3.30. The molecule has 1 aliphatic rings. The van der Waals surface area contributed by atoms with Gasteiger partial charge in [-0.25, -0.2) is 0 Å². The molecule has 0 unspecified atom stereocenters. The summed E-state index contributed by atoms with van der Waals surface area (Å²) in [6, 6.07) is 10.5. The predicted molar refractivity (Wildman–Crippen MR) is 88.6 cm³/mol. The molecule has 4 heteroatoms. The van der Waals surface area contributed by atoms with Gasteiger partial charge in [0.15, 0.2) is 0 Å². The summed E-state index contributed by atoms with van der Waals surface area (Å²) in [6.45, 7) is 4.86. The topological polar surface area (TPSA) is 45.2 Å². The molecule has 0 aliphatic carbocycles. The van der Waals surface area contributed by atoms with Crippen molar-refractivity contribution in [1.29, 1.82) is 0 Å². The fourth-order valence-corrected chi connectivity index (χ4v) is 2.85. The van der Waals surface area contributed by atoms with Gasteiger partial charge < -0.3 is 10.2 Å². The number of anilines is 2. The van der Waals surface area contributed by atoms with Gasteiger partial charge in [0, 0.05) is 24.5 Å². The zero-order valence-corrected chi connectivity index (χ0v) is 13.0. The highest BCUT2D eigenvalue weighted by Crippen LogP contribution is 2.33. The Kier molecular flexibility index (Phi) is 4.09. The second-order valence-corrected chi connectivity index (χ2v) is 5.94. The number of benzene rings is 1. The number of pyridine rings is 1. The van der Waals surface area contributed by atoms with Crippen LogP contribution < -0.4 is 10.2 Å². The Morgan fingerprint density at radius 2 is 2.09 bits per heavy atom. The Bertz CT molecular complexity index is 682. The third-order valence-electron chi connectivity index (χ3n) is 3.83. The van der Waals surface area contributed by atoms with E-state index >= 15 is 0 Å². The average molecular weight is 295 g/mol. The maximum Gasteiger partial charge on any atom is 0.253 e. The molecule has 0 fully saturated rings. The molecule has 0 bridgehead atoms. The van der Waals surface area contributed by atoms with Crippen molar-refractivity contribution in [1.82, 2.24) is 10.3 Å². The smallest absolute Gasteiger partial charge is 0.253 e. The fraction of sp³-hybridized carbons (Fsp3) is 0.333. The maximum atomic E-state index is 12.2. The molecule has 0 spiro atoms. The summed E-state index contributed by atoms with van der Waals surface area (Å²) in [5, 5.41) is 2.91. The first-order valence-corrected chi connectivity index (χ1v) is 7.76. The Labute approximate surface area is 131 Å². The van der Waals surface area contributed by atoms with Crippen LogP contribution in [-0.2, 0) is 6.42 Å². The Morgan fingerprint density at radius 1 is 1.27 bits per heavy atom. The van der Waals surface area contributed by atoms with Crippen LogP contribution in [0.25, 0.3) is 0 Å². The fourth-order valence-electron chi connectivity index (χ4n) is 2.85. The van der Waals surface area contributed by atoms with Crippen molar-refractivity contribution >= 4 is 17.3 Å². The molecule has 114 valence electrons. The number of aromatic nitrogens is 1. The van der Waals surface area contributed by atoms with E-state index in [4.69, 9.17) is 0 Å². The van der Waals surface area contributed by atoms with Crippen molar-refractivity contribution in [2.24, 2.45) is 0 Å². The quantitative estimate of drug-likeness (QED) is 0.945. The first-order chi connectivity index (χ1) is 10.6. The van der Waals surface area contributed by atoms with E-state index in [1.54, 1.807) is 6.20 Å². The average Bonchev–Trinajstić information content (AvgIpc) is 2.54. The highest BCUT2D eigenvalue weighted by atomic mass is 16.1. The summed E-state index contributed by atoms with van der Waals surface area (Å²) in [4.78, 5) is 18.7. The number of fused-ring (bicyclic) bond motifs is 1. The van der Waals surface area contributed by atoms with Gasteiger partial charge in [-0.05, 0) is 44.4 Å². The summed E-state index contributed by atoms with van der Waals surface area (Å²) >= 11 is 0. The number of carbonyl (C=O) groups is 1. The summed E-state index contributed by atoms with van der Waals surface area (Å²) in [5.74, 6) is -0.0744. The minimum Gasteiger partial charge on any atom is -0.350 e. The number of carbonyl (C=O) groups excluding carboxylic acids is 1. The van der Waals surface area contributed by atoms with Gasteiger partial charge in [-0.15, -0.1) is 0 Å². The van der Waals surface area contributed by atoms with E-state index in [-0.39, 0.29) is 11.9 Å². The van der Waals surface area contributed by atoms with Gasteiger partial charge in [0.1, 0.15) is 0 Å². The van der Waals surface area contributed by atoms with E-state index in [0.29, 0.717) is 5.56 Å². The summed E-state index contributed by atoms with van der Waals surface area (Å²) < 4.78 is 0. The van der Waals surface area contributed by atoms with Crippen LogP contribution in [0.5, 0.6) is 0 Å². The minimum atomic E-state index is -0.0744. The van der Waals surface area contributed by atoms with Crippen molar-refractivity contribution in [3.05, 3.63) is 53.9 Å². The highest BCUT2D eigenvalue weighted by molar-refractivity contribution is 5.95. The van der Waals surface area contributed by atoms with Crippen LogP contribution in [0, 0.1) is 0 Å². The molecule has 4 nitrogen and oxygen atoms in total. The molecular weight excluding hydrogens is 274 g/mol. The van der Waals surface area contributed by atoms with E-state index in [9.17, 15) is 4.79 Å². The van der Waals surface area contributed by atoms with Crippen molar-refractivity contribution in [3.63, 3.8) is 0 Å². The normalized spacial score (nSPS) is 13.9. The van der Waals surface area contributed by atoms with Crippen LogP contribution in [-0.4, -0.2) is 23.5 Å². The first-order valence-electron chi connectivity index (χ1n) is 7.76.